The summed E-state index contributed by atoms with van der Waals surface area (Å²) in [6.07, 6.45) is 0.961. The largest absolute Gasteiger partial charge is 0.508 e. The lowest BCUT2D eigenvalue weighted by molar-refractivity contribution is 0.394. The highest BCUT2D eigenvalue weighted by molar-refractivity contribution is 5.48. The zero-order valence-electron chi connectivity index (χ0n) is 8.50. The lowest BCUT2D eigenvalue weighted by Gasteiger charge is -2.25. The van der Waals surface area contributed by atoms with E-state index in [2.05, 4.69) is 12.2 Å². The van der Waals surface area contributed by atoms with Crippen molar-refractivity contribution >= 4 is 0 Å². The van der Waals surface area contributed by atoms with E-state index in [-0.39, 0.29) is 5.75 Å². The van der Waals surface area contributed by atoms with E-state index < -0.39 is 0 Å². The van der Waals surface area contributed by atoms with Gasteiger partial charge in [-0.2, -0.15) is 0 Å². The first kappa shape index (κ1) is 9.34. The van der Waals surface area contributed by atoms with E-state index in [1.807, 2.05) is 6.07 Å². The van der Waals surface area contributed by atoms with Crippen LogP contribution in [0.4, 0.5) is 0 Å². The topological polar surface area (TPSA) is 41.5 Å². The highest BCUT2D eigenvalue weighted by atomic mass is 16.5. The van der Waals surface area contributed by atoms with Crippen molar-refractivity contribution in [3.8, 4) is 11.5 Å². The lowest BCUT2D eigenvalue weighted by Crippen LogP contribution is -2.28. The fourth-order valence-electron chi connectivity index (χ4n) is 2.01. The summed E-state index contributed by atoms with van der Waals surface area (Å²) in [6.45, 7) is 3.06. The molecule has 1 heterocycles. The standard InChI is InChI=1S/C11H15NO2/c1-7-10-5-8(13)6-11(14-2)9(10)3-4-12-7/h5-7,12-13H,3-4H2,1-2H3. The van der Waals surface area contributed by atoms with Gasteiger partial charge in [-0.15, -0.1) is 0 Å². The van der Waals surface area contributed by atoms with Gasteiger partial charge in [-0.1, -0.05) is 0 Å². The molecule has 0 fully saturated rings. The van der Waals surface area contributed by atoms with Crippen LogP contribution in [-0.2, 0) is 6.42 Å². The van der Waals surface area contributed by atoms with Crippen LogP contribution in [0.3, 0.4) is 0 Å². The average molecular weight is 193 g/mol. The second-order valence-electron chi connectivity index (χ2n) is 3.64. The minimum absolute atomic E-state index is 0.274. The summed E-state index contributed by atoms with van der Waals surface area (Å²) in [5, 5.41) is 12.9. The number of benzene rings is 1. The number of phenolic OH excluding ortho intramolecular Hbond substituents is 1. The summed E-state index contributed by atoms with van der Waals surface area (Å²) in [5.41, 5.74) is 2.37. The molecular formula is C11H15NO2. The molecule has 0 radical (unpaired) electrons. The fourth-order valence-corrected chi connectivity index (χ4v) is 2.01. The van der Waals surface area contributed by atoms with Crippen molar-refractivity contribution in [2.24, 2.45) is 0 Å². The zero-order chi connectivity index (χ0) is 10.1. The predicted octanol–water partition coefficient (Wildman–Crippen LogP) is 1.61. The maximum absolute atomic E-state index is 9.51. The van der Waals surface area contributed by atoms with E-state index in [1.165, 1.54) is 5.56 Å². The highest BCUT2D eigenvalue weighted by Crippen LogP contribution is 2.33. The van der Waals surface area contributed by atoms with Gasteiger partial charge in [0, 0.05) is 17.7 Å². The number of rotatable bonds is 1. The molecule has 0 saturated heterocycles. The van der Waals surface area contributed by atoms with Gasteiger partial charge in [0.05, 0.1) is 7.11 Å². The Labute approximate surface area is 83.7 Å². The summed E-state index contributed by atoms with van der Waals surface area (Å²) in [5.74, 6) is 1.07. The molecule has 0 aliphatic carbocycles. The van der Waals surface area contributed by atoms with Crippen molar-refractivity contribution in [2.75, 3.05) is 13.7 Å². The summed E-state index contributed by atoms with van der Waals surface area (Å²) in [6, 6.07) is 3.78. The number of fused-ring (bicyclic) bond motifs is 1. The molecule has 3 heteroatoms. The normalized spacial score (nSPS) is 20.3. The van der Waals surface area contributed by atoms with Gasteiger partial charge in [-0.05, 0) is 31.5 Å². The summed E-state index contributed by atoms with van der Waals surface area (Å²) < 4.78 is 5.25. The molecule has 2 rings (SSSR count). The number of ether oxygens (including phenoxy) is 1. The summed E-state index contributed by atoms with van der Waals surface area (Å²) in [4.78, 5) is 0. The lowest BCUT2D eigenvalue weighted by atomic mass is 9.94. The van der Waals surface area contributed by atoms with Crippen LogP contribution in [0, 0.1) is 0 Å². The van der Waals surface area contributed by atoms with Crippen LogP contribution in [0.15, 0.2) is 12.1 Å². The van der Waals surface area contributed by atoms with E-state index in [9.17, 15) is 5.11 Å². The van der Waals surface area contributed by atoms with Crippen LogP contribution in [0.1, 0.15) is 24.1 Å². The molecule has 0 aromatic heterocycles. The third-order valence-electron chi connectivity index (χ3n) is 2.74. The maximum atomic E-state index is 9.51. The smallest absolute Gasteiger partial charge is 0.126 e. The number of methoxy groups -OCH3 is 1. The van der Waals surface area contributed by atoms with Crippen molar-refractivity contribution in [1.82, 2.24) is 5.32 Å². The van der Waals surface area contributed by atoms with Crippen molar-refractivity contribution in [1.29, 1.82) is 0 Å². The number of aromatic hydroxyl groups is 1. The molecule has 1 unspecified atom stereocenters. The molecule has 3 nitrogen and oxygen atoms in total. The third kappa shape index (κ3) is 1.44. The first-order valence-electron chi connectivity index (χ1n) is 4.85. The van der Waals surface area contributed by atoms with E-state index >= 15 is 0 Å². The van der Waals surface area contributed by atoms with Gasteiger partial charge in [-0.25, -0.2) is 0 Å². The van der Waals surface area contributed by atoms with Crippen LogP contribution in [0.2, 0.25) is 0 Å². The van der Waals surface area contributed by atoms with Crippen molar-refractivity contribution in [3.05, 3.63) is 23.3 Å². The second-order valence-corrected chi connectivity index (χ2v) is 3.64. The molecule has 1 aliphatic rings. The van der Waals surface area contributed by atoms with Crippen molar-refractivity contribution in [3.63, 3.8) is 0 Å². The van der Waals surface area contributed by atoms with Crippen LogP contribution in [-0.4, -0.2) is 18.8 Å². The minimum atomic E-state index is 0.274. The molecule has 76 valence electrons. The van der Waals surface area contributed by atoms with Crippen LogP contribution >= 0.6 is 0 Å². The molecule has 2 N–H and O–H groups in total. The fraction of sp³-hybridized carbons (Fsp3) is 0.455. The predicted molar refractivity (Wildman–Crippen MR) is 54.8 cm³/mol. The van der Waals surface area contributed by atoms with Gasteiger partial charge in [0.15, 0.2) is 0 Å². The Morgan fingerprint density at radius 3 is 3.00 bits per heavy atom. The molecule has 1 atom stereocenters. The van der Waals surface area contributed by atoms with Gasteiger partial charge < -0.3 is 15.2 Å². The van der Waals surface area contributed by atoms with E-state index in [4.69, 9.17) is 4.74 Å². The van der Waals surface area contributed by atoms with Gasteiger partial charge in [0.2, 0.25) is 0 Å². The monoisotopic (exact) mass is 193 g/mol. The molecule has 1 aliphatic heterocycles. The Bertz CT molecular complexity index is 349. The Morgan fingerprint density at radius 2 is 2.29 bits per heavy atom. The molecule has 1 aromatic carbocycles. The Kier molecular flexibility index (Phi) is 2.33. The number of nitrogens with one attached hydrogen (secondary N) is 1. The van der Waals surface area contributed by atoms with Crippen LogP contribution in [0.5, 0.6) is 11.5 Å². The van der Waals surface area contributed by atoms with E-state index in [0.717, 1.165) is 24.3 Å². The molecular weight excluding hydrogens is 178 g/mol. The quantitative estimate of drug-likeness (QED) is 0.712. The van der Waals surface area contributed by atoms with Crippen molar-refractivity contribution < 1.29 is 9.84 Å². The van der Waals surface area contributed by atoms with E-state index in [0.29, 0.717) is 6.04 Å². The van der Waals surface area contributed by atoms with Gasteiger partial charge in [-0.3, -0.25) is 0 Å². The van der Waals surface area contributed by atoms with Crippen molar-refractivity contribution in [2.45, 2.75) is 19.4 Å². The highest BCUT2D eigenvalue weighted by Gasteiger charge is 2.19. The van der Waals surface area contributed by atoms with Gasteiger partial charge >= 0.3 is 0 Å². The molecule has 0 spiro atoms. The first-order chi connectivity index (χ1) is 6.72. The average Bonchev–Trinajstić information content (AvgIpc) is 2.18. The zero-order valence-corrected chi connectivity index (χ0v) is 8.50. The first-order valence-corrected chi connectivity index (χ1v) is 4.85. The number of hydrogen-bond donors (Lipinski definition) is 2. The third-order valence-corrected chi connectivity index (χ3v) is 2.74. The van der Waals surface area contributed by atoms with Gasteiger partial charge in [0.1, 0.15) is 11.5 Å². The molecule has 0 amide bonds. The summed E-state index contributed by atoms with van der Waals surface area (Å²) >= 11 is 0. The summed E-state index contributed by atoms with van der Waals surface area (Å²) in [7, 11) is 1.64. The van der Waals surface area contributed by atoms with Gasteiger partial charge in [0.25, 0.3) is 0 Å². The SMILES string of the molecule is COc1cc(O)cc2c1CCNC2C. The molecule has 0 saturated carbocycles. The Morgan fingerprint density at radius 1 is 1.50 bits per heavy atom. The van der Waals surface area contributed by atoms with Crippen LogP contribution < -0.4 is 10.1 Å². The Balaban J connectivity index is 2.54. The maximum Gasteiger partial charge on any atom is 0.126 e. The number of phenols is 1. The van der Waals surface area contributed by atoms with E-state index in [1.54, 1.807) is 13.2 Å². The van der Waals surface area contributed by atoms with Crippen LogP contribution in [0.25, 0.3) is 0 Å². The second kappa shape index (κ2) is 3.50. The molecule has 14 heavy (non-hydrogen) atoms. The molecule has 1 aromatic rings. The minimum Gasteiger partial charge on any atom is -0.508 e. The Hall–Kier alpha value is -1.22. The molecule has 0 bridgehead atoms. The number of hydrogen-bond acceptors (Lipinski definition) is 3.